The van der Waals surface area contributed by atoms with Gasteiger partial charge in [-0.1, -0.05) is 18.2 Å². The van der Waals surface area contributed by atoms with E-state index in [1.807, 2.05) is 18.2 Å². The van der Waals surface area contributed by atoms with Crippen molar-refractivity contribution in [2.45, 2.75) is 46.2 Å². The summed E-state index contributed by atoms with van der Waals surface area (Å²) in [6, 6.07) is 7.34. The van der Waals surface area contributed by atoms with Gasteiger partial charge < -0.3 is 14.6 Å². The standard InChI is InChI=1S/C23H26N2O7S/c1-6-32-20(27)17-13(2)16-18(26)25(23(3,4)21(28)29)22(30)24(19(16)33-17)12-11-14-9-7-8-10-15(14)31-5/h7-10H,6,11-12H2,1-5H3,(H,28,29). The number of hydrogen-bond acceptors (Lipinski definition) is 7. The number of rotatable bonds is 8. The number of hydrogen-bond donors (Lipinski definition) is 1. The van der Waals surface area contributed by atoms with Crippen LogP contribution in [0.3, 0.4) is 0 Å². The summed E-state index contributed by atoms with van der Waals surface area (Å²) in [5, 5.41) is 9.86. The number of aryl methyl sites for hydroxylation is 3. The van der Waals surface area contributed by atoms with Crippen molar-refractivity contribution < 1.29 is 24.2 Å². The Balaban J connectivity index is 2.31. The highest BCUT2D eigenvalue weighted by molar-refractivity contribution is 7.20. The highest BCUT2D eigenvalue weighted by Crippen LogP contribution is 2.30. The van der Waals surface area contributed by atoms with Crippen LogP contribution in [0.2, 0.25) is 0 Å². The van der Waals surface area contributed by atoms with E-state index in [9.17, 15) is 24.3 Å². The molecule has 0 saturated carbocycles. The first-order valence-electron chi connectivity index (χ1n) is 10.4. The lowest BCUT2D eigenvalue weighted by Gasteiger charge is -2.23. The predicted molar refractivity (Wildman–Crippen MR) is 125 cm³/mol. The maximum atomic E-state index is 13.5. The van der Waals surface area contributed by atoms with Gasteiger partial charge in [-0.15, -0.1) is 11.3 Å². The molecule has 0 aliphatic rings. The van der Waals surface area contributed by atoms with Crippen LogP contribution < -0.4 is 16.0 Å². The fourth-order valence-electron chi connectivity index (χ4n) is 3.67. The quantitative estimate of drug-likeness (QED) is 0.499. The summed E-state index contributed by atoms with van der Waals surface area (Å²) in [7, 11) is 1.55. The maximum absolute atomic E-state index is 13.5. The third-order valence-corrected chi connectivity index (χ3v) is 6.85. The van der Waals surface area contributed by atoms with Crippen LogP contribution in [0.5, 0.6) is 5.75 Å². The van der Waals surface area contributed by atoms with Crippen molar-refractivity contribution in [3.63, 3.8) is 0 Å². The van der Waals surface area contributed by atoms with Gasteiger partial charge in [-0.2, -0.15) is 0 Å². The number of nitrogens with zero attached hydrogens (tertiary/aromatic N) is 2. The molecular weight excluding hydrogens is 448 g/mol. The normalized spacial score (nSPS) is 11.5. The highest BCUT2D eigenvalue weighted by Gasteiger charge is 2.35. The molecule has 1 N–H and O–H groups in total. The van der Waals surface area contributed by atoms with Crippen LogP contribution in [0.1, 0.15) is 41.6 Å². The SMILES string of the molecule is CCOC(=O)c1sc2c(c1C)c(=O)n(C(C)(C)C(=O)O)c(=O)n2CCc1ccccc1OC. The van der Waals surface area contributed by atoms with E-state index in [2.05, 4.69) is 0 Å². The van der Waals surface area contributed by atoms with Gasteiger partial charge in [-0.05, 0) is 51.3 Å². The molecule has 0 aliphatic carbocycles. The largest absolute Gasteiger partial charge is 0.496 e. The monoisotopic (exact) mass is 474 g/mol. The molecule has 10 heteroatoms. The summed E-state index contributed by atoms with van der Waals surface area (Å²) >= 11 is 0.996. The van der Waals surface area contributed by atoms with Crippen molar-refractivity contribution in [2.24, 2.45) is 0 Å². The molecule has 0 amide bonds. The zero-order valence-electron chi connectivity index (χ0n) is 19.1. The van der Waals surface area contributed by atoms with Gasteiger partial charge in [0.2, 0.25) is 0 Å². The fourth-order valence-corrected chi connectivity index (χ4v) is 4.88. The molecule has 0 saturated heterocycles. The third kappa shape index (κ3) is 4.18. The zero-order chi connectivity index (χ0) is 24.5. The van der Waals surface area contributed by atoms with Crippen LogP contribution in [-0.4, -0.2) is 39.9 Å². The van der Waals surface area contributed by atoms with E-state index >= 15 is 0 Å². The van der Waals surface area contributed by atoms with E-state index in [0.29, 0.717) is 22.6 Å². The van der Waals surface area contributed by atoms with Crippen LogP contribution >= 0.6 is 11.3 Å². The summed E-state index contributed by atoms with van der Waals surface area (Å²) < 4.78 is 12.6. The van der Waals surface area contributed by atoms with E-state index in [1.54, 1.807) is 27.0 Å². The van der Waals surface area contributed by atoms with Gasteiger partial charge in [0.1, 0.15) is 21.0 Å². The third-order valence-electron chi connectivity index (χ3n) is 5.55. The number of methoxy groups -OCH3 is 1. The van der Waals surface area contributed by atoms with Gasteiger partial charge in [-0.25, -0.2) is 19.0 Å². The minimum absolute atomic E-state index is 0.136. The average molecular weight is 475 g/mol. The maximum Gasteiger partial charge on any atom is 0.348 e. The number of carbonyl (C=O) groups is 2. The van der Waals surface area contributed by atoms with E-state index < -0.39 is 28.7 Å². The van der Waals surface area contributed by atoms with Gasteiger partial charge in [0.15, 0.2) is 0 Å². The molecule has 0 aliphatic heterocycles. The number of carboxylic acids is 1. The van der Waals surface area contributed by atoms with Crippen molar-refractivity contribution >= 4 is 33.5 Å². The van der Waals surface area contributed by atoms with Gasteiger partial charge >= 0.3 is 17.6 Å². The Morgan fingerprint density at radius 1 is 1.18 bits per heavy atom. The van der Waals surface area contributed by atoms with Gasteiger partial charge in [0.05, 0.1) is 19.1 Å². The van der Waals surface area contributed by atoms with Crippen molar-refractivity contribution in [3.05, 3.63) is 61.1 Å². The number of aliphatic carboxylic acids is 1. The molecule has 0 spiro atoms. The molecule has 0 unspecified atom stereocenters. The molecular formula is C23H26N2O7S. The molecule has 176 valence electrons. The Morgan fingerprint density at radius 3 is 2.45 bits per heavy atom. The first-order valence-corrected chi connectivity index (χ1v) is 11.2. The molecule has 1 aromatic carbocycles. The molecule has 9 nitrogen and oxygen atoms in total. The first-order chi connectivity index (χ1) is 15.6. The lowest BCUT2D eigenvalue weighted by molar-refractivity contribution is -0.146. The molecule has 33 heavy (non-hydrogen) atoms. The molecule has 3 aromatic rings. The fraction of sp³-hybridized carbons (Fsp3) is 0.391. The van der Waals surface area contributed by atoms with Gasteiger partial charge in [0.25, 0.3) is 5.56 Å². The van der Waals surface area contributed by atoms with Crippen molar-refractivity contribution in [2.75, 3.05) is 13.7 Å². The summed E-state index contributed by atoms with van der Waals surface area (Å²) in [6.07, 6.45) is 0.385. The van der Waals surface area contributed by atoms with E-state index in [-0.39, 0.29) is 23.4 Å². The number of esters is 1. The first kappa shape index (κ1) is 24.2. The topological polar surface area (TPSA) is 117 Å². The molecule has 0 fully saturated rings. The van der Waals surface area contributed by atoms with Crippen LogP contribution in [0.4, 0.5) is 0 Å². The Labute approximate surface area is 193 Å². The lowest BCUT2D eigenvalue weighted by atomic mass is 10.1. The van der Waals surface area contributed by atoms with Crippen molar-refractivity contribution in [1.82, 2.24) is 9.13 Å². The number of carboxylic acid groups (broad SMARTS) is 1. The number of aromatic nitrogens is 2. The Hall–Kier alpha value is -3.40. The second-order valence-electron chi connectivity index (χ2n) is 7.96. The number of benzene rings is 1. The number of ether oxygens (including phenoxy) is 2. The molecule has 3 rings (SSSR count). The smallest absolute Gasteiger partial charge is 0.348 e. The number of fused-ring (bicyclic) bond motifs is 1. The van der Waals surface area contributed by atoms with E-state index in [1.165, 1.54) is 18.4 Å². The lowest BCUT2D eigenvalue weighted by Crippen LogP contribution is -2.52. The summed E-state index contributed by atoms with van der Waals surface area (Å²) in [5.74, 6) is -1.27. The summed E-state index contributed by atoms with van der Waals surface area (Å²) in [4.78, 5) is 51.7. The second kappa shape index (κ2) is 9.22. The summed E-state index contributed by atoms with van der Waals surface area (Å²) in [5.41, 5.74) is -2.10. The molecule has 0 radical (unpaired) electrons. The Kier molecular flexibility index (Phi) is 6.78. The zero-order valence-corrected chi connectivity index (χ0v) is 19.9. The van der Waals surface area contributed by atoms with Crippen molar-refractivity contribution in [1.29, 1.82) is 0 Å². The minimum atomic E-state index is -1.80. The molecule has 0 bridgehead atoms. The van der Waals surface area contributed by atoms with Crippen LogP contribution in [0.15, 0.2) is 33.9 Å². The highest BCUT2D eigenvalue weighted by atomic mass is 32.1. The second-order valence-corrected chi connectivity index (χ2v) is 8.96. The van der Waals surface area contributed by atoms with E-state index in [0.717, 1.165) is 21.5 Å². The number of carbonyl (C=O) groups excluding carboxylic acids is 1. The Bertz CT molecular complexity index is 1350. The van der Waals surface area contributed by atoms with Crippen LogP contribution in [0.25, 0.3) is 10.2 Å². The number of thiophene rings is 1. The molecule has 2 heterocycles. The number of para-hydroxylation sites is 1. The van der Waals surface area contributed by atoms with Crippen molar-refractivity contribution in [3.8, 4) is 5.75 Å². The van der Waals surface area contributed by atoms with Crippen LogP contribution in [-0.2, 0) is 28.0 Å². The average Bonchev–Trinajstić information content (AvgIpc) is 3.11. The summed E-state index contributed by atoms with van der Waals surface area (Å²) in [6.45, 7) is 6.16. The minimum Gasteiger partial charge on any atom is -0.496 e. The molecule has 0 atom stereocenters. The Morgan fingerprint density at radius 2 is 1.85 bits per heavy atom. The predicted octanol–water partition coefficient (Wildman–Crippen LogP) is 2.78. The van der Waals surface area contributed by atoms with Gasteiger partial charge in [-0.3, -0.25) is 9.36 Å². The van der Waals surface area contributed by atoms with E-state index in [4.69, 9.17) is 9.47 Å². The van der Waals surface area contributed by atoms with Gasteiger partial charge in [0, 0.05) is 6.54 Å². The van der Waals surface area contributed by atoms with Crippen LogP contribution in [0, 0.1) is 6.92 Å². The molecule has 2 aromatic heterocycles.